The molecule has 0 aliphatic rings. The molecule has 0 aliphatic heterocycles. The molecule has 0 amide bonds. The Kier molecular flexibility index (Phi) is 2.73. The van der Waals surface area contributed by atoms with Crippen molar-refractivity contribution >= 4 is 32.9 Å². The highest BCUT2D eigenvalue weighted by Gasteiger charge is 1.98. The number of nitrogens with two attached hydrogens (primary N) is 1. The summed E-state index contributed by atoms with van der Waals surface area (Å²) in [6.45, 7) is 0.339. The van der Waals surface area contributed by atoms with Crippen molar-refractivity contribution in [1.82, 2.24) is 0 Å². The van der Waals surface area contributed by atoms with E-state index in [1.165, 1.54) is 10.1 Å². The average Bonchev–Trinajstić information content (AvgIpc) is 2.72. The third-order valence-corrected chi connectivity index (χ3v) is 2.95. The first kappa shape index (κ1) is 9.79. The molecule has 1 heterocycles. The van der Waals surface area contributed by atoms with Crippen molar-refractivity contribution in [3.8, 4) is 0 Å². The lowest BCUT2D eigenvalue weighted by molar-refractivity contribution is 0.317. The average molecular weight is 221 g/mol. The molecule has 1 aromatic carbocycles. The van der Waals surface area contributed by atoms with Crippen LogP contribution in [0.3, 0.4) is 0 Å². The van der Waals surface area contributed by atoms with Gasteiger partial charge in [-0.1, -0.05) is 5.16 Å². The highest BCUT2D eigenvalue weighted by molar-refractivity contribution is 7.17. The van der Waals surface area contributed by atoms with Gasteiger partial charge in [-0.2, -0.15) is 0 Å². The van der Waals surface area contributed by atoms with Gasteiger partial charge in [-0.25, -0.2) is 0 Å². The van der Waals surface area contributed by atoms with Crippen molar-refractivity contribution in [3.63, 3.8) is 0 Å². The van der Waals surface area contributed by atoms with Crippen LogP contribution in [0.2, 0.25) is 0 Å². The summed E-state index contributed by atoms with van der Waals surface area (Å²) in [6, 6.07) is 8.13. The van der Waals surface area contributed by atoms with E-state index in [1.807, 2.05) is 12.1 Å². The molecule has 0 unspecified atom stereocenters. The van der Waals surface area contributed by atoms with Gasteiger partial charge < -0.3 is 16.3 Å². The van der Waals surface area contributed by atoms with Crippen molar-refractivity contribution in [1.29, 1.82) is 0 Å². The third kappa shape index (κ3) is 2.19. The van der Waals surface area contributed by atoms with Crippen molar-refractivity contribution < 1.29 is 5.21 Å². The molecule has 0 bridgehead atoms. The summed E-state index contributed by atoms with van der Waals surface area (Å²) in [5, 5.41) is 17.6. The van der Waals surface area contributed by atoms with Gasteiger partial charge in [0.05, 0.1) is 6.54 Å². The zero-order valence-corrected chi connectivity index (χ0v) is 8.79. The van der Waals surface area contributed by atoms with Gasteiger partial charge in [0, 0.05) is 10.4 Å². The van der Waals surface area contributed by atoms with Gasteiger partial charge in [0.1, 0.15) is 0 Å². The number of hydrogen-bond acceptors (Lipinski definition) is 4. The molecule has 78 valence electrons. The topological polar surface area (TPSA) is 70.6 Å². The normalized spacial score (nSPS) is 11.9. The molecule has 4 nitrogen and oxygen atoms in total. The summed E-state index contributed by atoms with van der Waals surface area (Å²) < 4.78 is 1.25. The first-order valence-electron chi connectivity index (χ1n) is 4.47. The second-order valence-electron chi connectivity index (χ2n) is 3.12. The molecular weight excluding hydrogens is 210 g/mol. The molecule has 0 atom stereocenters. The minimum absolute atomic E-state index is 0.167. The lowest BCUT2D eigenvalue weighted by Crippen LogP contribution is -2.22. The molecule has 5 heteroatoms. The Morgan fingerprint density at radius 1 is 1.47 bits per heavy atom. The van der Waals surface area contributed by atoms with Crippen molar-refractivity contribution in [2.24, 2.45) is 10.9 Å². The standard InChI is InChI=1S/C10H11N3OS/c11-10(13-14)6-12-8-1-2-9-7(5-8)3-4-15-9/h1-5,12,14H,6H2,(H2,11,13). The van der Waals surface area contributed by atoms with E-state index in [0.717, 1.165) is 5.69 Å². The molecule has 0 radical (unpaired) electrons. The fraction of sp³-hybridized carbons (Fsp3) is 0.100. The number of hydrogen-bond donors (Lipinski definition) is 3. The number of rotatable bonds is 3. The Balaban J connectivity index is 2.14. The highest BCUT2D eigenvalue weighted by atomic mass is 32.1. The number of nitrogens with one attached hydrogen (secondary N) is 1. The fourth-order valence-electron chi connectivity index (χ4n) is 1.30. The van der Waals surface area contributed by atoms with Crippen LogP contribution >= 0.6 is 11.3 Å². The molecule has 0 aliphatic carbocycles. The van der Waals surface area contributed by atoms with Gasteiger partial charge in [-0.15, -0.1) is 11.3 Å². The second kappa shape index (κ2) is 4.18. The number of nitrogens with zero attached hydrogens (tertiary/aromatic N) is 1. The van der Waals surface area contributed by atoms with Crippen molar-refractivity contribution in [3.05, 3.63) is 29.6 Å². The Morgan fingerprint density at radius 3 is 3.13 bits per heavy atom. The third-order valence-electron chi connectivity index (χ3n) is 2.05. The van der Waals surface area contributed by atoms with Crippen LogP contribution in [0.15, 0.2) is 34.8 Å². The van der Waals surface area contributed by atoms with Gasteiger partial charge in [0.25, 0.3) is 0 Å². The van der Waals surface area contributed by atoms with E-state index < -0.39 is 0 Å². The Hall–Kier alpha value is -1.75. The maximum atomic E-state index is 8.38. The van der Waals surface area contributed by atoms with Crippen molar-refractivity contribution in [2.45, 2.75) is 0 Å². The molecule has 0 spiro atoms. The number of benzene rings is 1. The van der Waals surface area contributed by atoms with Crippen molar-refractivity contribution in [2.75, 3.05) is 11.9 Å². The molecule has 4 N–H and O–H groups in total. The minimum atomic E-state index is 0.167. The summed E-state index contributed by atoms with van der Waals surface area (Å²) in [5.41, 5.74) is 6.32. The Morgan fingerprint density at radius 2 is 2.33 bits per heavy atom. The first-order valence-corrected chi connectivity index (χ1v) is 5.35. The molecule has 0 saturated heterocycles. The van der Waals surface area contributed by atoms with Crippen LogP contribution in [0.25, 0.3) is 10.1 Å². The fourth-order valence-corrected chi connectivity index (χ4v) is 2.08. The Labute approximate surface area is 91.0 Å². The molecule has 0 fully saturated rings. The number of amidine groups is 1. The van der Waals surface area contributed by atoms with E-state index in [9.17, 15) is 0 Å². The summed E-state index contributed by atoms with van der Waals surface area (Å²) >= 11 is 1.71. The quantitative estimate of drug-likeness (QED) is 0.321. The molecule has 0 saturated carbocycles. The van der Waals surface area contributed by atoms with Gasteiger partial charge in [0.2, 0.25) is 0 Å². The maximum absolute atomic E-state index is 8.38. The maximum Gasteiger partial charge on any atom is 0.158 e. The van der Waals surface area contributed by atoms with E-state index in [1.54, 1.807) is 11.3 Å². The van der Waals surface area contributed by atoms with Crippen LogP contribution < -0.4 is 11.1 Å². The molecule has 2 rings (SSSR count). The van der Waals surface area contributed by atoms with Crippen LogP contribution in [0.4, 0.5) is 5.69 Å². The number of fused-ring (bicyclic) bond motifs is 1. The predicted molar refractivity (Wildman–Crippen MR) is 63.7 cm³/mol. The van der Waals surface area contributed by atoms with Crippen LogP contribution in [-0.4, -0.2) is 17.6 Å². The lowest BCUT2D eigenvalue weighted by atomic mass is 10.2. The van der Waals surface area contributed by atoms with E-state index in [4.69, 9.17) is 10.9 Å². The van der Waals surface area contributed by atoms with Gasteiger partial charge >= 0.3 is 0 Å². The number of thiophene rings is 1. The lowest BCUT2D eigenvalue weighted by Gasteiger charge is -2.04. The first-order chi connectivity index (χ1) is 7.29. The molecule has 1 aromatic heterocycles. The van der Waals surface area contributed by atoms with Crippen LogP contribution in [0.5, 0.6) is 0 Å². The van der Waals surface area contributed by atoms with E-state index in [-0.39, 0.29) is 5.84 Å². The number of oxime groups is 1. The zero-order chi connectivity index (χ0) is 10.7. The summed E-state index contributed by atoms with van der Waals surface area (Å²) in [4.78, 5) is 0. The number of anilines is 1. The second-order valence-corrected chi connectivity index (χ2v) is 4.07. The van der Waals surface area contributed by atoms with E-state index in [0.29, 0.717) is 6.54 Å². The monoisotopic (exact) mass is 221 g/mol. The summed E-state index contributed by atoms with van der Waals surface area (Å²) in [6.07, 6.45) is 0. The summed E-state index contributed by atoms with van der Waals surface area (Å²) in [5.74, 6) is 0.167. The smallest absolute Gasteiger partial charge is 0.158 e. The molecule has 2 aromatic rings. The van der Waals surface area contributed by atoms with Gasteiger partial charge in [-0.05, 0) is 35.0 Å². The molecule has 15 heavy (non-hydrogen) atoms. The highest BCUT2D eigenvalue weighted by Crippen LogP contribution is 2.23. The van der Waals surface area contributed by atoms with Crippen LogP contribution in [0.1, 0.15) is 0 Å². The van der Waals surface area contributed by atoms with E-state index >= 15 is 0 Å². The largest absolute Gasteiger partial charge is 0.409 e. The minimum Gasteiger partial charge on any atom is -0.409 e. The van der Waals surface area contributed by atoms with E-state index in [2.05, 4.69) is 28.0 Å². The Bertz CT molecular complexity index is 492. The molecular formula is C10H11N3OS. The summed E-state index contributed by atoms with van der Waals surface area (Å²) in [7, 11) is 0. The predicted octanol–water partition coefficient (Wildman–Crippen LogP) is 2.06. The van der Waals surface area contributed by atoms with Crippen LogP contribution in [0, 0.1) is 0 Å². The van der Waals surface area contributed by atoms with Gasteiger partial charge in [0.15, 0.2) is 5.84 Å². The SMILES string of the molecule is NC(CNc1ccc2sccc2c1)=NO. The zero-order valence-electron chi connectivity index (χ0n) is 7.97. The van der Waals surface area contributed by atoms with Crippen LogP contribution in [-0.2, 0) is 0 Å². The van der Waals surface area contributed by atoms with Gasteiger partial charge in [-0.3, -0.25) is 0 Å².